The number of rotatable bonds is 0. The lowest BCUT2D eigenvalue weighted by atomic mass is 9.54. The first kappa shape index (κ1) is 7.14. The second kappa shape index (κ2) is 1.99. The zero-order chi connectivity index (χ0) is 8.06. The molecule has 1 aliphatic carbocycles. The van der Waals surface area contributed by atoms with Crippen molar-refractivity contribution in [1.82, 2.24) is 0 Å². The van der Waals surface area contributed by atoms with E-state index < -0.39 is 0 Å². The number of esters is 1. The minimum Gasteiger partial charge on any atom is -0.465 e. The number of carbonyl (C=O) groups is 1. The molecule has 0 unspecified atom stereocenters. The Morgan fingerprint density at radius 3 is 2.82 bits per heavy atom. The molecule has 0 N–H and O–H groups in total. The molecule has 3 rings (SSSR count). The molecule has 0 aromatic heterocycles. The van der Waals surface area contributed by atoms with Crippen LogP contribution in [0.5, 0.6) is 0 Å². The van der Waals surface area contributed by atoms with E-state index in [-0.39, 0.29) is 5.97 Å². The molecule has 3 fully saturated rings. The van der Waals surface area contributed by atoms with E-state index in [4.69, 9.17) is 4.74 Å². The zero-order valence-electron chi connectivity index (χ0n) is 7.09. The van der Waals surface area contributed by atoms with E-state index in [2.05, 4.69) is 13.8 Å². The summed E-state index contributed by atoms with van der Waals surface area (Å²) in [5, 5.41) is 0. The smallest absolute Gasteiger partial charge is 0.306 e. The standard InChI is InChI=1S/C9H14O2/c1-9(2)6-3-7(9)5-11-8(10)4-6/h6-7H,3-5H2,1-2H3/t6-,7+/m0/s1. The maximum absolute atomic E-state index is 11.0. The highest BCUT2D eigenvalue weighted by Gasteiger charge is 2.51. The predicted octanol–water partition coefficient (Wildman–Crippen LogP) is 1.60. The summed E-state index contributed by atoms with van der Waals surface area (Å²) in [4.78, 5) is 11.0. The highest BCUT2D eigenvalue weighted by molar-refractivity contribution is 5.70. The molecule has 0 spiro atoms. The van der Waals surface area contributed by atoms with Crippen molar-refractivity contribution in [3.63, 3.8) is 0 Å². The van der Waals surface area contributed by atoms with Gasteiger partial charge in [0.15, 0.2) is 0 Å². The predicted molar refractivity (Wildman–Crippen MR) is 41.0 cm³/mol. The third-order valence-corrected chi connectivity index (χ3v) is 3.53. The summed E-state index contributed by atoms with van der Waals surface area (Å²) < 4.78 is 5.05. The van der Waals surface area contributed by atoms with Crippen LogP contribution in [0.4, 0.5) is 0 Å². The Morgan fingerprint density at radius 1 is 1.45 bits per heavy atom. The van der Waals surface area contributed by atoms with Crippen LogP contribution >= 0.6 is 0 Å². The molecule has 1 saturated carbocycles. The lowest BCUT2D eigenvalue weighted by Crippen LogP contribution is -2.44. The van der Waals surface area contributed by atoms with E-state index in [0.29, 0.717) is 30.3 Å². The first-order valence-corrected chi connectivity index (χ1v) is 4.26. The fraction of sp³-hybridized carbons (Fsp3) is 0.889. The van der Waals surface area contributed by atoms with Crippen molar-refractivity contribution >= 4 is 5.97 Å². The fourth-order valence-corrected chi connectivity index (χ4v) is 2.21. The average molecular weight is 154 g/mol. The molecular weight excluding hydrogens is 140 g/mol. The Hall–Kier alpha value is -0.530. The molecule has 0 aromatic rings. The molecule has 2 heteroatoms. The van der Waals surface area contributed by atoms with Gasteiger partial charge in [0.05, 0.1) is 6.61 Å². The molecule has 0 radical (unpaired) electrons. The van der Waals surface area contributed by atoms with E-state index >= 15 is 0 Å². The number of hydrogen-bond donors (Lipinski definition) is 0. The van der Waals surface area contributed by atoms with Crippen LogP contribution in [0.15, 0.2) is 0 Å². The van der Waals surface area contributed by atoms with Gasteiger partial charge in [0.1, 0.15) is 0 Å². The third kappa shape index (κ3) is 0.883. The summed E-state index contributed by atoms with van der Waals surface area (Å²) in [5.74, 6) is 1.21. The van der Waals surface area contributed by atoms with Gasteiger partial charge in [0.25, 0.3) is 0 Å². The Bertz CT molecular complexity index is 196. The monoisotopic (exact) mass is 154 g/mol. The summed E-state index contributed by atoms with van der Waals surface area (Å²) in [5.41, 5.74) is 0.353. The normalized spacial score (nSPS) is 40.4. The second-order valence-electron chi connectivity index (χ2n) is 4.34. The molecule has 2 heterocycles. The molecule has 2 bridgehead atoms. The maximum Gasteiger partial charge on any atom is 0.306 e. The van der Waals surface area contributed by atoms with Crippen LogP contribution in [-0.2, 0) is 9.53 Å². The number of hydrogen-bond acceptors (Lipinski definition) is 2. The molecule has 2 nitrogen and oxygen atoms in total. The summed E-state index contributed by atoms with van der Waals surface area (Å²) in [7, 11) is 0. The van der Waals surface area contributed by atoms with Crippen molar-refractivity contribution in [2.75, 3.05) is 6.61 Å². The number of carbonyl (C=O) groups excluding carboxylic acids is 1. The van der Waals surface area contributed by atoms with Crippen LogP contribution in [0.25, 0.3) is 0 Å². The number of ether oxygens (including phenoxy) is 1. The topological polar surface area (TPSA) is 26.3 Å². The van der Waals surface area contributed by atoms with Gasteiger partial charge < -0.3 is 4.74 Å². The molecule has 11 heavy (non-hydrogen) atoms. The molecule has 2 atom stereocenters. The van der Waals surface area contributed by atoms with E-state index in [1.54, 1.807) is 0 Å². The van der Waals surface area contributed by atoms with Gasteiger partial charge in [0, 0.05) is 6.42 Å². The van der Waals surface area contributed by atoms with Gasteiger partial charge in [-0.25, -0.2) is 0 Å². The lowest BCUT2D eigenvalue weighted by molar-refractivity contribution is -0.142. The van der Waals surface area contributed by atoms with Crippen LogP contribution < -0.4 is 0 Å². The van der Waals surface area contributed by atoms with E-state index in [1.807, 2.05) is 0 Å². The van der Waals surface area contributed by atoms with Crippen LogP contribution in [-0.4, -0.2) is 12.6 Å². The van der Waals surface area contributed by atoms with Gasteiger partial charge in [-0.3, -0.25) is 4.79 Å². The van der Waals surface area contributed by atoms with Crippen LogP contribution in [0.3, 0.4) is 0 Å². The zero-order valence-corrected chi connectivity index (χ0v) is 7.09. The summed E-state index contributed by atoms with van der Waals surface area (Å²) in [6.07, 6.45) is 1.84. The van der Waals surface area contributed by atoms with Gasteiger partial charge in [-0.15, -0.1) is 0 Å². The molecule has 0 amide bonds. The molecule has 2 saturated heterocycles. The van der Waals surface area contributed by atoms with Gasteiger partial charge in [-0.05, 0) is 23.7 Å². The molecular formula is C9H14O2. The Morgan fingerprint density at radius 2 is 2.18 bits per heavy atom. The SMILES string of the molecule is CC1(C)[C@@H]2CC(=O)OC[C@H]1C2. The number of fused-ring (bicyclic) bond motifs is 3. The highest BCUT2D eigenvalue weighted by Crippen LogP contribution is 2.54. The summed E-state index contributed by atoms with van der Waals surface area (Å²) in [6.45, 7) is 5.14. The summed E-state index contributed by atoms with van der Waals surface area (Å²) in [6, 6.07) is 0. The average Bonchev–Trinajstić information content (AvgIpc) is 2.17. The Balaban J connectivity index is 2.17. The quantitative estimate of drug-likeness (QED) is 0.495. The van der Waals surface area contributed by atoms with E-state index in [0.717, 1.165) is 0 Å². The van der Waals surface area contributed by atoms with Crippen molar-refractivity contribution in [1.29, 1.82) is 0 Å². The minimum atomic E-state index is 0.00285. The van der Waals surface area contributed by atoms with Gasteiger partial charge in [-0.2, -0.15) is 0 Å². The lowest BCUT2D eigenvalue weighted by Gasteiger charge is -2.49. The summed E-state index contributed by atoms with van der Waals surface area (Å²) >= 11 is 0. The van der Waals surface area contributed by atoms with Crippen molar-refractivity contribution in [3.8, 4) is 0 Å². The molecule has 3 aliphatic rings. The largest absolute Gasteiger partial charge is 0.465 e. The molecule has 0 aromatic carbocycles. The highest BCUT2D eigenvalue weighted by atomic mass is 16.5. The van der Waals surface area contributed by atoms with Crippen molar-refractivity contribution in [2.24, 2.45) is 17.3 Å². The Labute approximate surface area is 66.9 Å². The van der Waals surface area contributed by atoms with Crippen LogP contribution in [0.2, 0.25) is 0 Å². The van der Waals surface area contributed by atoms with Crippen molar-refractivity contribution in [3.05, 3.63) is 0 Å². The Kier molecular flexibility index (Phi) is 1.29. The van der Waals surface area contributed by atoms with Gasteiger partial charge in [0.2, 0.25) is 0 Å². The third-order valence-electron chi connectivity index (χ3n) is 3.53. The molecule has 62 valence electrons. The van der Waals surface area contributed by atoms with Gasteiger partial charge >= 0.3 is 5.97 Å². The first-order valence-electron chi connectivity index (χ1n) is 4.26. The van der Waals surface area contributed by atoms with Gasteiger partial charge in [-0.1, -0.05) is 13.8 Å². The minimum absolute atomic E-state index is 0.00285. The van der Waals surface area contributed by atoms with Crippen LogP contribution in [0, 0.1) is 17.3 Å². The van der Waals surface area contributed by atoms with E-state index in [1.165, 1.54) is 6.42 Å². The van der Waals surface area contributed by atoms with Crippen LogP contribution in [0.1, 0.15) is 26.7 Å². The van der Waals surface area contributed by atoms with Crippen molar-refractivity contribution in [2.45, 2.75) is 26.7 Å². The van der Waals surface area contributed by atoms with E-state index in [9.17, 15) is 4.79 Å². The van der Waals surface area contributed by atoms with Crippen molar-refractivity contribution < 1.29 is 9.53 Å². The fourth-order valence-electron chi connectivity index (χ4n) is 2.21. The maximum atomic E-state index is 11.0. The second-order valence-corrected chi connectivity index (χ2v) is 4.34. The first-order chi connectivity index (χ1) is 5.10. The molecule has 2 aliphatic heterocycles.